The van der Waals surface area contributed by atoms with Crippen molar-refractivity contribution in [1.82, 2.24) is 25.3 Å². The lowest BCUT2D eigenvalue weighted by Crippen LogP contribution is -2.53. The van der Waals surface area contributed by atoms with Crippen molar-refractivity contribution in [1.29, 1.82) is 0 Å². The molecule has 3 N–H and O–H groups in total. The first-order valence-electron chi connectivity index (χ1n) is 11.4. The molecule has 1 aliphatic rings. The Morgan fingerprint density at radius 2 is 1.86 bits per heavy atom. The second-order valence-electron chi connectivity index (χ2n) is 8.41. The number of benzene rings is 2. The van der Waals surface area contributed by atoms with E-state index in [4.69, 9.17) is 43.4 Å². The minimum Gasteiger partial charge on any atom is -0.493 e. The standard InChI is InChI=1S/C25H25Cl2N7O2/c1-35-20-6-4-15(11-21(20)36-2)19-13-30-23-22(31-19)24(33-25(28)32-23)34-8-7-29-12-16(34)9-14-3-5-17(26)18(27)10-14/h3-6,10-11,13,16,29H,7-9,12H2,1-2H3,(H2,28,30,32,33). The van der Waals surface area contributed by atoms with Crippen LogP contribution in [0.25, 0.3) is 22.4 Å². The van der Waals surface area contributed by atoms with E-state index in [1.807, 2.05) is 36.4 Å². The summed E-state index contributed by atoms with van der Waals surface area (Å²) in [7, 11) is 3.20. The fourth-order valence-electron chi connectivity index (χ4n) is 4.41. The van der Waals surface area contributed by atoms with Crippen LogP contribution in [-0.2, 0) is 6.42 Å². The number of nitrogens with two attached hydrogens (primary N) is 1. The van der Waals surface area contributed by atoms with E-state index < -0.39 is 0 Å². The van der Waals surface area contributed by atoms with Crippen LogP contribution < -0.4 is 25.4 Å². The molecule has 0 radical (unpaired) electrons. The van der Waals surface area contributed by atoms with Crippen molar-refractivity contribution in [3.8, 4) is 22.8 Å². The summed E-state index contributed by atoms with van der Waals surface area (Å²) in [5, 5.41) is 4.53. The molecule has 0 saturated carbocycles. The zero-order chi connectivity index (χ0) is 25.2. The van der Waals surface area contributed by atoms with Gasteiger partial charge in [-0.3, -0.25) is 0 Å². The zero-order valence-corrected chi connectivity index (χ0v) is 21.3. The van der Waals surface area contributed by atoms with Crippen LogP contribution in [0.4, 0.5) is 11.8 Å². The molecule has 3 heterocycles. The Kier molecular flexibility index (Phi) is 6.95. The lowest BCUT2D eigenvalue weighted by molar-refractivity contribution is 0.355. The molecule has 1 saturated heterocycles. The summed E-state index contributed by atoms with van der Waals surface area (Å²) in [5.74, 6) is 2.05. The van der Waals surface area contributed by atoms with E-state index in [2.05, 4.69) is 25.2 Å². The Morgan fingerprint density at radius 1 is 1.03 bits per heavy atom. The minimum absolute atomic E-state index is 0.0834. The first kappa shape index (κ1) is 24.3. The number of hydrogen-bond acceptors (Lipinski definition) is 9. The van der Waals surface area contributed by atoms with E-state index in [1.54, 1.807) is 20.4 Å². The number of ether oxygens (including phenoxy) is 2. The number of nitrogen functional groups attached to an aromatic ring is 1. The third kappa shape index (κ3) is 4.82. The predicted molar refractivity (Wildman–Crippen MR) is 142 cm³/mol. The molecule has 11 heteroatoms. The Labute approximate surface area is 218 Å². The Hall–Kier alpha value is -3.40. The third-order valence-electron chi connectivity index (χ3n) is 6.16. The molecule has 4 aromatic rings. The maximum atomic E-state index is 6.27. The maximum absolute atomic E-state index is 6.27. The maximum Gasteiger partial charge on any atom is 0.224 e. The average Bonchev–Trinajstić information content (AvgIpc) is 2.90. The van der Waals surface area contributed by atoms with Gasteiger partial charge in [0.15, 0.2) is 28.5 Å². The Balaban J connectivity index is 1.56. The van der Waals surface area contributed by atoms with Crippen molar-refractivity contribution in [3.05, 3.63) is 58.2 Å². The molecule has 186 valence electrons. The van der Waals surface area contributed by atoms with Crippen LogP contribution in [0, 0.1) is 0 Å². The van der Waals surface area contributed by atoms with Gasteiger partial charge in [-0.2, -0.15) is 9.97 Å². The number of methoxy groups -OCH3 is 2. The molecule has 36 heavy (non-hydrogen) atoms. The molecule has 1 atom stereocenters. The van der Waals surface area contributed by atoms with Crippen LogP contribution in [-0.4, -0.2) is 59.8 Å². The molecule has 0 spiro atoms. The smallest absolute Gasteiger partial charge is 0.224 e. The quantitative estimate of drug-likeness (QED) is 0.385. The molecular weight excluding hydrogens is 501 g/mol. The van der Waals surface area contributed by atoms with Crippen molar-refractivity contribution >= 4 is 46.1 Å². The lowest BCUT2D eigenvalue weighted by atomic mass is 10.0. The number of aromatic nitrogens is 4. The highest BCUT2D eigenvalue weighted by Crippen LogP contribution is 2.33. The van der Waals surface area contributed by atoms with E-state index >= 15 is 0 Å². The highest BCUT2D eigenvalue weighted by molar-refractivity contribution is 6.42. The molecule has 0 amide bonds. The molecule has 1 unspecified atom stereocenters. The lowest BCUT2D eigenvalue weighted by Gasteiger charge is -2.37. The number of nitrogens with one attached hydrogen (secondary N) is 1. The zero-order valence-electron chi connectivity index (χ0n) is 19.8. The van der Waals surface area contributed by atoms with E-state index in [0.717, 1.165) is 37.2 Å². The topological polar surface area (TPSA) is 111 Å². The van der Waals surface area contributed by atoms with Gasteiger partial charge >= 0.3 is 0 Å². The SMILES string of the molecule is COc1ccc(-c2cnc3nc(N)nc(N4CCNCC4Cc4ccc(Cl)c(Cl)c4)c3n2)cc1OC. The summed E-state index contributed by atoms with van der Waals surface area (Å²) in [6.45, 7) is 2.28. The molecule has 2 aromatic heterocycles. The van der Waals surface area contributed by atoms with Crippen LogP contribution in [0.2, 0.25) is 10.0 Å². The Bertz CT molecular complexity index is 1420. The van der Waals surface area contributed by atoms with E-state index in [1.165, 1.54) is 0 Å². The average molecular weight is 526 g/mol. The molecule has 1 fully saturated rings. The van der Waals surface area contributed by atoms with Crippen molar-refractivity contribution in [2.45, 2.75) is 12.5 Å². The minimum atomic E-state index is 0.0834. The highest BCUT2D eigenvalue weighted by Gasteiger charge is 2.27. The molecule has 1 aliphatic heterocycles. The number of piperazine rings is 1. The first-order valence-corrected chi connectivity index (χ1v) is 12.2. The van der Waals surface area contributed by atoms with Gasteiger partial charge in [-0.15, -0.1) is 0 Å². The number of nitrogens with zero attached hydrogens (tertiary/aromatic N) is 5. The van der Waals surface area contributed by atoms with Crippen molar-refractivity contribution in [3.63, 3.8) is 0 Å². The van der Waals surface area contributed by atoms with Gasteiger partial charge in [0.1, 0.15) is 0 Å². The Morgan fingerprint density at radius 3 is 2.64 bits per heavy atom. The number of hydrogen-bond donors (Lipinski definition) is 2. The van der Waals surface area contributed by atoms with Crippen LogP contribution in [0.3, 0.4) is 0 Å². The predicted octanol–water partition coefficient (Wildman–Crippen LogP) is 4.01. The second kappa shape index (κ2) is 10.3. The summed E-state index contributed by atoms with van der Waals surface area (Å²) in [5.41, 5.74) is 9.68. The van der Waals surface area contributed by atoms with Crippen LogP contribution in [0.15, 0.2) is 42.6 Å². The molecule has 5 rings (SSSR count). The normalized spacial score (nSPS) is 15.8. The van der Waals surface area contributed by atoms with Gasteiger partial charge in [-0.05, 0) is 42.3 Å². The fourth-order valence-corrected chi connectivity index (χ4v) is 4.73. The van der Waals surface area contributed by atoms with Gasteiger partial charge in [0.2, 0.25) is 5.95 Å². The first-order chi connectivity index (χ1) is 17.5. The molecule has 9 nitrogen and oxygen atoms in total. The molecule has 0 bridgehead atoms. The number of fused-ring (bicyclic) bond motifs is 1. The highest BCUT2D eigenvalue weighted by atomic mass is 35.5. The van der Waals surface area contributed by atoms with Gasteiger partial charge in [-0.1, -0.05) is 29.3 Å². The van der Waals surface area contributed by atoms with E-state index in [0.29, 0.717) is 44.2 Å². The summed E-state index contributed by atoms with van der Waals surface area (Å²) in [6, 6.07) is 11.4. The summed E-state index contributed by atoms with van der Waals surface area (Å²) in [6.07, 6.45) is 2.41. The fraction of sp³-hybridized carbons (Fsp3) is 0.280. The number of halogens is 2. The number of rotatable bonds is 6. The van der Waals surface area contributed by atoms with Crippen molar-refractivity contribution in [2.75, 3.05) is 44.5 Å². The summed E-state index contributed by atoms with van der Waals surface area (Å²) < 4.78 is 10.8. The molecule has 2 aromatic carbocycles. The largest absolute Gasteiger partial charge is 0.493 e. The summed E-state index contributed by atoms with van der Waals surface area (Å²) in [4.78, 5) is 20.6. The van der Waals surface area contributed by atoms with E-state index in [-0.39, 0.29) is 12.0 Å². The third-order valence-corrected chi connectivity index (χ3v) is 6.90. The number of anilines is 2. The van der Waals surface area contributed by atoms with Crippen LogP contribution in [0.1, 0.15) is 5.56 Å². The van der Waals surface area contributed by atoms with Gasteiger partial charge < -0.3 is 25.4 Å². The van der Waals surface area contributed by atoms with Crippen LogP contribution in [0.5, 0.6) is 11.5 Å². The van der Waals surface area contributed by atoms with Crippen LogP contribution >= 0.6 is 23.2 Å². The van der Waals surface area contributed by atoms with Crippen molar-refractivity contribution in [2.24, 2.45) is 0 Å². The van der Waals surface area contributed by atoms with Gasteiger partial charge in [-0.25, -0.2) is 9.97 Å². The second-order valence-corrected chi connectivity index (χ2v) is 9.22. The van der Waals surface area contributed by atoms with Gasteiger partial charge in [0.05, 0.1) is 36.2 Å². The van der Waals surface area contributed by atoms with Gasteiger partial charge in [0.25, 0.3) is 0 Å². The van der Waals surface area contributed by atoms with E-state index in [9.17, 15) is 0 Å². The van der Waals surface area contributed by atoms with Gasteiger partial charge in [0, 0.05) is 31.2 Å². The monoisotopic (exact) mass is 525 g/mol. The summed E-state index contributed by atoms with van der Waals surface area (Å²) >= 11 is 12.4. The van der Waals surface area contributed by atoms with Crippen molar-refractivity contribution < 1.29 is 9.47 Å². The molecular formula is C25H25Cl2N7O2. The molecule has 0 aliphatic carbocycles.